The molecule has 0 atom stereocenters. The molecule has 1 heterocycles. The highest BCUT2D eigenvalue weighted by atomic mass is 16.5. The Labute approximate surface area is 140 Å². The van der Waals surface area contributed by atoms with Gasteiger partial charge in [0.15, 0.2) is 0 Å². The zero-order chi connectivity index (χ0) is 17.2. The van der Waals surface area contributed by atoms with E-state index in [2.05, 4.69) is 15.6 Å². The Hall–Kier alpha value is -3.33. The van der Waals surface area contributed by atoms with Gasteiger partial charge in [0.25, 0.3) is 5.91 Å². The molecule has 1 amide bonds. The number of rotatable bonds is 7. The van der Waals surface area contributed by atoms with E-state index in [-0.39, 0.29) is 5.57 Å². The summed E-state index contributed by atoms with van der Waals surface area (Å²) in [5.74, 6) is 0.259. The van der Waals surface area contributed by atoms with E-state index in [0.717, 1.165) is 11.3 Å². The fourth-order valence-electron chi connectivity index (χ4n) is 1.92. The van der Waals surface area contributed by atoms with Crippen LogP contribution < -0.4 is 15.4 Å². The van der Waals surface area contributed by atoms with Gasteiger partial charge in [-0.2, -0.15) is 5.26 Å². The van der Waals surface area contributed by atoms with E-state index < -0.39 is 5.91 Å². The van der Waals surface area contributed by atoms with E-state index >= 15 is 0 Å². The molecule has 0 saturated heterocycles. The number of pyridine rings is 1. The largest absolute Gasteiger partial charge is 0.494 e. The SMILES string of the molecule is CCOc1ccc(NC(=O)/C(C#N)=C\NCc2ccncc2)cc1. The zero-order valence-electron chi connectivity index (χ0n) is 13.3. The van der Waals surface area contributed by atoms with Gasteiger partial charge >= 0.3 is 0 Å². The van der Waals surface area contributed by atoms with Crippen molar-refractivity contribution < 1.29 is 9.53 Å². The number of nitrogens with zero attached hydrogens (tertiary/aromatic N) is 2. The number of carbonyl (C=O) groups excluding carboxylic acids is 1. The van der Waals surface area contributed by atoms with Crippen LogP contribution in [0.2, 0.25) is 0 Å². The molecule has 122 valence electrons. The van der Waals surface area contributed by atoms with E-state index in [1.165, 1.54) is 6.20 Å². The van der Waals surface area contributed by atoms with Crippen LogP contribution >= 0.6 is 0 Å². The number of ether oxygens (including phenoxy) is 1. The molecule has 2 rings (SSSR count). The van der Waals surface area contributed by atoms with E-state index in [9.17, 15) is 4.79 Å². The van der Waals surface area contributed by atoms with Crippen molar-refractivity contribution in [1.82, 2.24) is 10.3 Å². The minimum Gasteiger partial charge on any atom is -0.494 e. The first-order valence-corrected chi connectivity index (χ1v) is 7.49. The third kappa shape index (κ3) is 5.14. The Morgan fingerprint density at radius 1 is 1.25 bits per heavy atom. The first-order valence-electron chi connectivity index (χ1n) is 7.49. The number of nitrogens with one attached hydrogen (secondary N) is 2. The lowest BCUT2D eigenvalue weighted by molar-refractivity contribution is -0.112. The minimum absolute atomic E-state index is 0.00191. The molecule has 1 aromatic heterocycles. The molecule has 0 radical (unpaired) electrons. The Morgan fingerprint density at radius 2 is 1.96 bits per heavy atom. The number of hydrogen-bond acceptors (Lipinski definition) is 5. The predicted octanol–water partition coefficient (Wildman–Crippen LogP) is 2.62. The molecule has 0 unspecified atom stereocenters. The maximum absolute atomic E-state index is 12.1. The van der Waals surface area contributed by atoms with E-state index in [4.69, 9.17) is 10.00 Å². The van der Waals surface area contributed by atoms with Crippen LogP contribution in [-0.2, 0) is 11.3 Å². The normalized spacial score (nSPS) is 10.6. The van der Waals surface area contributed by atoms with Crippen LogP contribution in [0.3, 0.4) is 0 Å². The van der Waals surface area contributed by atoms with Crippen molar-refractivity contribution in [2.75, 3.05) is 11.9 Å². The van der Waals surface area contributed by atoms with Gasteiger partial charge in [0.1, 0.15) is 17.4 Å². The number of benzene rings is 1. The third-order valence-corrected chi connectivity index (χ3v) is 3.09. The molecule has 0 aliphatic heterocycles. The van der Waals surface area contributed by atoms with Gasteiger partial charge in [0.05, 0.1) is 6.61 Å². The van der Waals surface area contributed by atoms with Crippen LogP contribution in [0.4, 0.5) is 5.69 Å². The molecule has 2 aromatic rings. The summed E-state index contributed by atoms with van der Waals surface area (Å²) in [7, 11) is 0. The average molecular weight is 322 g/mol. The van der Waals surface area contributed by atoms with E-state index in [0.29, 0.717) is 18.8 Å². The molecule has 0 bridgehead atoms. The van der Waals surface area contributed by atoms with Crippen LogP contribution in [-0.4, -0.2) is 17.5 Å². The fraction of sp³-hybridized carbons (Fsp3) is 0.167. The van der Waals surface area contributed by atoms with Crippen LogP contribution in [0.1, 0.15) is 12.5 Å². The summed E-state index contributed by atoms with van der Waals surface area (Å²) >= 11 is 0. The van der Waals surface area contributed by atoms with Crippen LogP contribution in [0.5, 0.6) is 5.75 Å². The molecular formula is C18H18N4O2. The van der Waals surface area contributed by atoms with Crippen molar-refractivity contribution >= 4 is 11.6 Å². The highest BCUT2D eigenvalue weighted by Gasteiger charge is 2.09. The summed E-state index contributed by atoms with van der Waals surface area (Å²) in [6, 6.07) is 12.6. The summed E-state index contributed by atoms with van der Waals surface area (Å²) in [4.78, 5) is 16.0. The topological polar surface area (TPSA) is 87.0 Å². The monoisotopic (exact) mass is 322 g/mol. The Bertz CT molecular complexity index is 734. The minimum atomic E-state index is -0.469. The maximum Gasteiger partial charge on any atom is 0.267 e. The average Bonchev–Trinajstić information content (AvgIpc) is 2.61. The van der Waals surface area contributed by atoms with Gasteiger partial charge in [-0.15, -0.1) is 0 Å². The van der Waals surface area contributed by atoms with Crippen LogP contribution in [0.25, 0.3) is 0 Å². The smallest absolute Gasteiger partial charge is 0.267 e. The zero-order valence-corrected chi connectivity index (χ0v) is 13.3. The molecule has 6 nitrogen and oxygen atoms in total. The Morgan fingerprint density at radius 3 is 2.58 bits per heavy atom. The molecule has 2 N–H and O–H groups in total. The number of carbonyl (C=O) groups is 1. The van der Waals surface area contributed by atoms with Crippen molar-refractivity contribution in [2.45, 2.75) is 13.5 Å². The van der Waals surface area contributed by atoms with Crippen molar-refractivity contribution in [3.05, 3.63) is 66.1 Å². The van der Waals surface area contributed by atoms with Crippen molar-refractivity contribution in [2.24, 2.45) is 0 Å². The van der Waals surface area contributed by atoms with Gasteiger partial charge in [0, 0.05) is 30.8 Å². The lowest BCUT2D eigenvalue weighted by Gasteiger charge is -2.07. The maximum atomic E-state index is 12.1. The number of aromatic nitrogens is 1. The highest BCUT2D eigenvalue weighted by Crippen LogP contribution is 2.16. The molecule has 24 heavy (non-hydrogen) atoms. The summed E-state index contributed by atoms with van der Waals surface area (Å²) in [6.45, 7) is 2.98. The van der Waals surface area contributed by atoms with Crippen LogP contribution in [0, 0.1) is 11.3 Å². The van der Waals surface area contributed by atoms with Gasteiger partial charge < -0.3 is 15.4 Å². The van der Waals surface area contributed by atoms with Crippen molar-refractivity contribution in [1.29, 1.82) is 5.26 Å². The quantitative estimate of drug-likeness (QED) is 0.604. The first-order chi connectivity index (χ1) is 11.7. The van der Waals surface area contributed by atoms with Gasteiger partial charge in [-0.25, -0.2) is 0 Å². The Balaban J connectivity index is 1.93. The summed E-state index contributed by atoms with van der Waals surface area (Å²) < 4.78 is 5.34. The molecule has 0 aliphatic carbocycles. The van der Waals surface area contributed by atoms with Gasteiger partial charge in [0.2, 0.25) is 0 Å². The highest BCUT2D eigenvalue weighted by molar-refractivity contribution is 6.06. The lowest BCUT2D eigenvalue weighted by atomic mass is 10.2. The second-order valence-corrected chi connectivity index (χ2v) is 4.82. The second-order valence-electron chi connectivity index (χ2n) is 4.82. The van der Waals surface area contributed by atoms with E-state index in [1.807, 2.05) is 25.1 Å². The van der Waals surface area contributed by atoms with Gasteiger partial charge in [-0.3, -0.25) is 9.78 Å². The second kappa shape index (κ2) is 8.96. The molecule has 1 aromatic carbocycles. The third-order valence-electron chi connectivity index (χ3n) is 3.09. The fourth-order valence-corrected chi connectivity index (χ4v) is 1.92. The number of amides is 1. The van der Waals surface area contributed by atoms with Gasteiger partial charge in [-0.05, 0) is 48.9 Å². The van der Waals surface area contributed by atoms with Gasteiger partial charge in [-0.1, -0.05) is 0 Å². The standard InChI is InChI=1S/C18H18N4O2/c1-2-24-17-5-3-16(4-6-17)22-18(23)15(11-19)13-21-12-14-7-9-20-10-8-14/h3-10,13,21H,2,12H2,1H3,(H,22,23)/b15-13-. The Kier molecular flexibility index (Phi) is 6.35. The van der Waals surface area contributed by atoms with E-state index in [1.54, 1.807) is 36.7 Å². The molecule has 0 aliphatic rings. The first kappa shape index (κ1) is 17.0. The molecule has 6 heteroatoms. The van der Waals surface area contributed by atoms with Crippen LogP contribution in [0.15, 0.2) is 60.6 Å². The number of anilines is 1. The summed E-state index contributed by atoms with van der Waals surface area (Å²) in [6.07, 6.45) is 4.78. The van der Waals surface area contributed by atoms with Crippen molar-refractivity contribution in [3.8, 4) is 11.8 Å². The molecular weight excluding hydrogens is 304 g/mol. The number of nitriles is 1. The molecule has 0 spiro atoms. The predicted molar refractivity (Wildman–Crippen MR) is 91.0 cm³/mol. The number of hydrogen-bond donors (Lipinski definition) is 2. The summed E-state index contributed by atoms with van der Waals surface area (Å²) in [5.41, 5.74) is 1.60. The lowest BCUT2D eigenvalue weighted by Crippen LogP contribution is -2.16. The summed E-state index contributed by atoms with van der Waals surface area (Å²) in [5, 5.41) is 14.8. The van der Waals surface area contributed by atoms with Crippen molar-refractivity contribution in [3.63, 3.8) is 0 Å². The molecule has 0 fully saturated rings. The molecule has 0 saturated carbocycles.